The van der Waals surface area contributed by atoms with Gasteiger partial charge in [-0.1, -0.05) is 19.9 Å². The number of benzene rings is 1. The highest BCUT2D eigenvalue weighted by Crippen LogP contribution is 2.25. The minimum atomic E-state index is -0.225. The molecular weight excluding hydrogens is 264 g/mol. The molecule has 1 unspecified atom stereocenters. The van der Waals surface area contributed by atoms with Crippen LogP contribution in [0.25, 0.3) is 0 Å². The molecule has 1 aromatic rings. The molecule has 0 saturated carbocycles. The number of imide groups is 1. The minimum absolute atomic E-state index is 0.225. The number of amides is 2. The lowest BCUT2D eigenvalue weighted by Gasteiger charge is -2.28. The van der Waals surface area contributed by atoms with Crippen molar-refractivity contribution < 1.29 is 9.59 Å². The van der Waals surface area contributed by atoms with Crippen LogP contribution in [0.3, 0.4) is 0 Å². The maximum atomic E-state index is 11.3. The molecule has 0 aromatic heterocycles. The van der Waals surface area contributed by atoms with Gasteiger partial charge in [-0.25, -0.2) is 0 Å². The summed E-state index contributed by atoms with van der Waals surface area (Å²) in [5.74, 6) is 0.297. The van der Waals surface area contributed by atoms with Gasteiger partial charge in [-0.3, -0.25) is 14.9 Å². The Morgan fingerprint density at radius 3 is 2.52 bits per heavy atom. The van der Waals surface area contributed by atoms with E-state index in [4.69, 9.17) is 0 Å². The van der Waals surface area contributed by atoms with Crippen LogP contribution in [0, 0.1) is 6.92 Å². The first kappa shape index (κ1) is 17.2. The van der Waals surface area contributed by atoms with Gasteiger partial charge in [0.25, 0.3) is 0 Å². The van der Waals surface area contributed by atoms with Gasteiger partial charge in [0.1, 0.15) is 0 Å². The van der Waals surface area contributed by atoms with E-state index in [1.165, 1.54) is 11.1 Å². The van der Waals surface area contributed by atoms with Crippen LogP contribution in [0.2, 0.25) is 0 Å². The van der Waals surface area contributed by atoms with Crippen molar-refractivity contribution >= 4 is 18.0 Å². The second-order valence-corrected chi connectivity index (χ2v) is 5.88. The number of carbonyl (C=O) groups excluding carboxylic acids is 2. The third-order valence-corrected chi connectivity index (χ3v) is 3.95. The van der Waals surface area contributed by atoms with Crippen LogP contribution in [0.4, 0.5) is 5.69 Å². The van der Waals surface area contributed by atoms with E-state index in [0.717, 1.165) is 5.69 Å². The molecule has 0 bridgehead atoms. The van der Waals surface area contributed by atoms with Crippen LogP contribution in [0.5, 0.6) is 0 Å². The molecule has 0 saturated heterocycles. The van der Waals surface area contributed by atoms with E-state index in [-0.39, 0.29) is 11.9 Å². The van der Waals surface area contributed by atoms with Crippen LogP contribution < -0.4 is 10.2 Å². The van der Waals surface area contributed by atoms with Crippen LogP contribution in [0.1, 0.15) is 50.7 Å². The third-order valence-electron chi connectivity index (χ3n) is 3.95. The van der Waals surface area contributed by atoms with Gasteiger partial charge < -0.3 is 4.90 Å². The number of nitrogens with one attached hydrogen (secondary N) is 1. The summed E-state index contributed by atoms with van der Waals surface area (Å²) in [6.07, 6.45) is 1.50. The summed E-state index contributed by atoms with van der Waals surface area (Å²) >= 11 is 0. The van der Waals surface area contributed by atoms with Crippen molar-refractivity contribution in [2.45, 2.75) is 52.5 Å². The average molecular weight is 290 g/mol. The summed E-state index contributed by atoms with van der Waals surface area (Å²) < 4.78 is 0. The second kappa shape index (κ2) is 7.81. The summed E-state index contributed by atoms with van der Waals surface area (Å²) in [5, 5.41) is 2.17. The lowest BCUT2D eigenvalue weighted by Crippen LogP contribution is -2.31. The molecule has 4 heteroatoms. The zero-order valence-electron chi connectivity index (χ0n) is 13.6. The molecule has 1 aromatic carbocycles. The van der Waals surface area contributed by atoms with Gasteiger partial charge in [0.2, 0.25) is 12.3 Å². The number of aryl methyl sites for hydroxylation is 1. The lowest BCUT2D eigenvalue weighted by atomic mass is 9.97. The first-order chi connectivity index (χ1) is 9.86. The molecule has 1 atom stereocenters. The van der Waals surface area contributed by atoms with E-state index in [1.807, 2.05) is 7.05 Å². The van der Waals surface area contributed by atoms with E-state index >= 15 is 0 Å². The largest absolute Gasteiger partial charge is 0.372 e. The number of nitrogens with zero attached hydrogens (tertiary/aromatic N) is 1. The average Bonchev–Trinajstić information content (AvgIpc) is 2.43. The Morgan fingerprint density at radius 1 is 1.33 bits per heavy atom. The van der Waals surface area contributed by atoms with Crippen molar-refractivity contribution in [1.29, 1.82) is 0 Å². The fourth-order valence-corrected chi connectivity index (χ4v) is 2.45. The lowest BCUT2D eigenvalue weighted by molar-refractivity contribution is -0.125. The fraction of sp³-hybridized carbons (Fsp3) is 0.529. The van der Waals surface area contributed by atoms with Crippen molar-refractivity contribution in [2.24, 2.45) is 0 Å². The van der Waals surface area contributed by atoms with E-state index in [0.29, 0.717) is 25.2 Å². The zero-order valence-corrected chi connectivity index (χ0v) is 13.6. The number of anilines is 1. The summed E-state index contributed by atoms with van der Waals surface area (Å²) in [4.78, 5) is 23.7. The van der Waals surface area contributed by atoms with Crippen LogP contribution in [0.15, 0.2) is 18.2 Å². The van der Waals surface area contributed by atoms with Gasteiger partial charge in [-0.2, -0.15) is 0 Å². The molecule has 0 heterocycles. The molecule has 0 aliphatic rings. The van der Waals surface area contributed by atoms with Gasteiger partial charge in [0.15, 0.2) is 0 Å². The number of hydrogen-bond acceptors (Lipinski definition) is 3. The number of rotatable bonds is 7. The number of carbonyl (C=O) groups is 2. The van der Waals surface area contributed by atoms with Crippen molar-refractivity contribution in [3.8, 4) is 0 Å². The highest BCUT2D eigenvalue weighted by Gasteiger charge is 2.13. The van der Waals surface area contributed by atoms with E-state index in [1.54, 1.807) is 0 Å². The Labute approximate surface area is 127 Å². The fourth-order valence-electron chi connectivity index (χ4n) is 2.45. The van der Waals surface area contributed by atoms with E-state index < -0.39 is 0 Å². The molecule has 4 nitrogen and oxygen atoms in total. The molecule has 0 aliphatic carbocycles. The minimum Gasteiger partial charge on any atom is -0.372 e. The third kappa shape index (κ3) is 4.88. The highest BCUT2D eigenvalue weighted by molar-refractivity contribution is 5.85. The van der Waals surface area contributed by atoms with Crippen molar-refractivity contribution in [2.75, 3.05) is 11.9 Å². The van der Waals surface area contributed by atoms with Gasteiger partial charge >= 0.3 is 0 Å². The van der Waals surface area contributed by atoms with Crippen molar-refractivity contribution in [3.05, 3.63) is 29.3 Å². The van der Waals surface area contributed by atoms with Gasteiger partial charge in [-0.05, 0) is 49.4 Å². The van der Waals surface area contributed by atoms with Crippen LogP contribution in [-0.4, -0.2) is 25.4 Å². The molecule has 116 valence electrons. The van der Waals surface area contributed by atoms with Gasteiger partial charge in [-0.15, -0.1) is 0 Å². The molecule has 2 amide bonds. The molecule has 0 fully saturated rings. The molecular formula is C17H26N2O2. The predicted octanol–water partition coefficient (Wildman–Crippen LogP) is 3.00. The normalized spacial score (nSPS) is 12.1. The smallest absolute Gasteiger partial charge is 0.226 e. The van der Waals surface area contributed by atoms with Crippen molar-refractivity contribution in [3.63, 3.8) is 0 Å². The molecule has 0 aliphatic heterocycles. The molecule has 0 radical (unpaired) electrons. The second-order valence-electron chi connectivity index (χ2n) is 5.88. The quantitative estimate of drug-likeness (QED) is 0.785. The monoisotopic (exact) mass is 290 g/mol. The van der Waals surface area contributed by atoms with Crippen LogP contribution >= 0.6 is 0 Å². The summed E-state index contributed by atoms with van der Waals surface area (Å²) in [6, 6.07) is 6.73. The first-order valence-electron chi connectivity index (χ1n) is 7.43. The highest BCUT2D eigenvalue weighted by atomic mass is 16.2. The molecule has 1 rings (SSSR count). The Hall–Kier alpha value is -1.84. The van der Waals surface area contributed by atoms with E-state index in [9.17, 15) is 9.59 Å². The Bertz CT molecular complexity index is 498. The molecule has 0 spiro atoms. The predicted molar refractivity (Wildman–Crippen MR) is 86.6 cm³/mol. The topological polar surface area (TPSA) is 49.4 Å². The molecule has 1 N–H and O–H groups in total. The summed E-state index contributed by atoms with van der Waals surface area (Å²) in [5.41, 5.74) is 3.81. The SMILES string of the molecule is Cc1cc(N(C)C(C)CCC(=O)NC=O)ccc1C(C)C. The summed E-state index contributed by atoms with van der Waals surface area (Å²) in [6.45, 7) is 8.61. The Kier molecular flexibility index (Phi) is 6.40. The standard InChI is InChI=1S/C17H26N2O2/c1-12(2)16-8-7-15(10-13(16)3)19(5)14(4)6-9-17(21)18-11-20/h7-8,10-12,14H,6,9H2,1-5H3,(H,18,20,21). The van der Waals surface area contributed by atoms with Gasteiger partial charge in [0, 0.05) is 25.2 Å². The van der Waals surface area contributed by atoms with Crippen molar-refractivity contribution in [1.82, 2.24) is 5.32 Å². The number of hydrogen-bond donors (Lipinski definition) is 1. The molecule has 21 heavy (non-hydrogen) atoms. The zero-order chi connectivity index (χ0) is 16.0. The maximum absolute atomic E-state index is 11.3. The van der Waals surface area contributed by atoms with Crippen LogP contribution in [-0.2, 0) is 9.59 Å². The maximum Gasteiger partial charge on any atom is 0.226 e. The summed E-state index contributed by atoms with van der Waals surface area (Å²) in [7, 11) is 2.03. The Morgan fingerprint density at radius 2 is 2.00 bits per heavy atom. The van der Waals surface area contributed by atoms with Gasteiger partial charge in [0.05, 0.1) is 0 Å². The first-order valence-corrected chi connectivity index (χ1v) is 7.43. The van der Waals surface area contributed by atoms with E-state index in [2.05, 4.69) is 56.1 Å². The Balaban J connectivity index is 2.69.